The normalized spacial score (nSPS) is 14.9. The summed E-state index contributed by atoms with van der Waals surface area (Å²) in [7, 11) is 0. The van der Waals surface area contributed by atoms with Gasteiger partial charge in [0.15, 0.2) is 0 Å². The molecule has 0 saturated heterocycles. The molecule has 0 aromatic carbocycles. The predicted octanol–water partition coefficient (Wildman–Crippen LogP) is 4.79. The zero-order valence-electron chi connectivity index (χ0n) is 19.4. The molecule has 7 nitrogen and oxygen atoms in total. The Morgan fingerprint density at radius 2 is 1.78 bits per heavy atom. The van der Waals surface area contributed by atoms with Crippen molar-refractivity contribution in [1.29, 1.82) is 0 Å². The highest BCUT2D eigenvalue weighted by atomic mass is 16.6. The van der Waals surface area contributed by atoms with Crippen molar-refractivity contribution in [2.45, 2.75) is 47.0 Å². The van der Waals surface area contributed by atoms with Crippen molar-refractivity contribution in [3.05, 3.63) is 65.3 Å². The van der Waals surface area contributed by atoms with Crippen LogP contribution in [0.2, 0.25) is 0 Å². The molecular weight excluding hydrogens is 404 g/mol. The average molecular weight is 437 g/mol. The summed E-state index contributed by atoms with van der Waals surface area (Å²) in [6, 6.07) is 7.94. The third-order valence-corrected chi connectivity index (χ3v) is 4.97. The van der Waals surface area contributed by atoms with Crippen LogP contribution in [0.5, 0.6) is 5.75 Å². The number of aromatic nitrogens is 2. The van der Waals surface area contributed by atoms with Crippen molar-refractivity contribution in [3.63, 3.8) is 0 Å². The first-order valence-corrected chi connectivity index (χ1v) is 10.9. The molecule has 2 aromatic heterocycles. The molecular formula is C25H32N4O3. The second-order valence-electron chi connectivity index (χ2n) is 8.73. The SMILES string of the molecule is C=CCOc1ccc(C)nc1C=NOCC(C)(C)CON=C1CCCc2ccc(C)nc21. The highest BCUT2D eigenvalue weighted by molar-refractivity contribution is 6.00. The van der Waals surface area contributed by atoms with Crippen molar-refractivity contribution in [2.24, 2.45) is 15.7 Å². The Bertz CT molecular complexity index is 999. The minimum atomic E-state index is -0.277. The van der Waals surface area contributed by atoms with Crippen molar-refractivity contribution in [2.75, 3.05) is 19.8 Å². The van der Waals surface area contributed by atoms with Gasteiger partial charge < -0.3 is 14.4 Å². The van der Waals surface area contributed by atoms with E-state index < -0.39 is 0 Å². The van der Waals surface area contributed by atoms with Crippen LogP contribution in [0.25, 0.3) is 0 Å². The van der Waals surface area contributed by atoms with E-state index in [9.17, 15) is 0 Å². The van der Waals surface area contributed by atoms with Crippen LogP contribution in [-0.2, 0) is 16.1 Å². The zero-order valence-corrected chi connectivity index (χ0v) is 19.4. The van der Waals surface area contributed by atoms with Gasteiger partial charge in [-0.25, -0.2) is 4.98 Å². The third-order valence-electron chi connectivity index (χ3n) is 4.97. The fraction of sp³-hybridized carbons (Fsp3) is 0.440. The molecule has 32 heavy (non-hydrogen) atoms. The molecule has 0 bridgehead atoms. The predicted molar refractivity (Wildman–Crippen MR) is 126 cm³/mol. The highest BCUT2D eigenvalue weighted by Crippen LogP contribution is 2.22. The summed E-state index contributed by atoms with van der Waals surface area (Å²) in [6.07, 6.45) is 6.23. The lowest BCUT2D eigenvalue weighted by Crippen LogP contribution is -2.24. The lowest BCUT2D eigenvalue weighted by atomic mass is 9.94. The molecule has 2 aromatic rings. The van der Waals surface area contributed by atoms with Crippen molar-refractivity contribution < 1.29 is 14.4 Å². The number of ether oxygens (including phenoxy) is 1. The summed E-state index contributed by atoms with van der Waals surface area (Å²) in [5.41, 5.74) is 5.33. The number of pyridine rings is 2. The van der Waals surface area contributed by atoms with Gasteiger partial charge in [0.2, 0.25) is 0 Å². The quantitative estimate of drug-likeness (QED) is 0.304. The average Bonchev–Trinajstić information content (AvgIpc) is 2.76. The zero-order chi connectivity index (χ0) is 23.0. The monoisotopic (exact) mass is 436 g/mol. The maximum absolute atomic E-state index is 5.70. The number of aryl methyl sites for hydroxylation is 3. The van der Waals surface area contributed by atoms with Gasteiger partial charge in [0.1, 0.15) is 37.0 Å². The fourth-order valence-electron chi connectivity index (χ4n) is 3.24. The first kappa shape index (κ1) is 23.4. The summed E-state index contributed by atoms with van der Waals surface area (Å²) in [4.78, 5) is 20.3. The van der Waals surface area contributed by atoms with Crippen LogP contribution in [0.3, 0.4) is 0 Å². The van der Waals surface area contributed by atoms with Gasteiger partial charge in [0.25, 0.3) is 0 Å². The molecule has 1 aliphatic rings. The molecule has 0 spiro atoms. The van der Waals surface area contributed by atoms with E-state index in [1.165, 1.54) is 5.56 Å². The Morgan fingerprint density at radius 3 is 2.59 bits per heavy atom. The smallest absolute Gasteiger partial charge is 0.147 e. The Hall–Kier alpha value is -3.22. The molecule has 3 rings (SSSR count). The highest BCUT2D eigenvalue weighted by Gasteiger charge is 2.22. The summed E-state index contributed by atoms with van der Waals surface area (Å²) in [6.45, 7) is 12.8. The van der Waals surface area contributed by atoms with E-state index in [0.717, 1.165) is 42.1 Å². The van der Waals surface area contributed by atoms with Crippen LogP contribution in [-0.4, -0.2) is 41.7 Å². The number of hydrogen-bond acceptors (Lipinski definition) is 7. The van der Waals surface area contributed by atoms with Crippen LogP contribution in [0.15, 0.2) is 47.2 Å². The molecule has 170 valence electrons. The molecule has 2 heterocycles. The van der Waals surface area contributed by atoms with E-state index in [-0.39, 0.29) is 5.41 Å². The van der Waals surface area contributed by atoms with E-state index in [1.54, 1.807) is 12.3 Å². The number of rotatable bonds is 10. The van der Waals surface area contributed by atoms with E-state index in [4.69, 9.17) is 14.4 Å². The Morgan fingerprint density at radius 1 is 1.03 bits per heavy atom. The Labute approximate surface area is 190 Å². The third kappa shape index (κ3) is 6.64. The van der Waals surface area contributed by atoms with Gasteiger partial charge in [-0.1, -0.05) is 42.9 Å². The van der Waals surface area contributed by atoms with Crippen LogP contribution >= 0.6 is 0 Å². The van der Waals surface area contributed by atoms with Crippen LogP contribution in [0, 0.1) is 19.3 Å². The molecule has 7 heteroatoms. The first-order chi connectivity index (χ1) is 15.4. The summed E-state index contributed by atoms with van der Waals surface area (Å²) < 4.78 is 5.62. The van der Waals surface area contributed by atoms with Crippen molar-refractivity contribution in [3.8, 4) is 5.75 Å². The lowest BCUT2D eigenvalue weighted by Gasteiger charge is -2.22. The lowest BCUT2D eigenvalue weighted by molar-refractivity contribution is 0.000286. The molecule has 0 atom stereocenters. The minimum absolute atomic E-state index is 0.277. The number of oxime groups is 2. The van der Waals surface area contributed by atoms with Crippen molar-refractivity contribution >= 4 is 11.9 Å². The molecule has 0 aliphatic heterocycles. The van der Waals surface area contributed by atoms with Crippen LogP contribution in [0.1, 0.15) is 55.0 Å². The number of hydrogen-bond donors (Lipinski definition) is 0. The van der Waals surface area contributed by atoms with Gasteiger partial charge >= 0.3 is 0 Å². The molecule has 0 unspecified atom stereocenters. The van der Waals surface area contributed by atoms with E-state index >= 15 is 0 Å². The molecule has 0 N–H and O–H groups in total. The van der Waals surface area contributed by atoms with Gasteiger partial charge in [0, 0.05) is 16.8 Å². The Kier molecular flexibility index (Phi) is 7.98. The molecule has 0 radical (unpaired) electrons. The van der Waals surface area contributed by atoms with Gasteiger partial charge in [0.05, 0.1) is 11.9 Å². The fourth-order valence-corrected chi connectivity index (χ4v) is 3.24. The maximum Gasteiger partial charge on any atom is 0.147 e. The second kappa shape index (κ2) is 10.9. The van der Waals surface area contributed by atoms with Crippen molar-refractivity contribution in [1.82, 2.24) is 9.97 Å². The summed E-state index contributed by atoms with van der Waals surface area (Å²) in [5.74, 6) is 0.637. The second-order valence-corrected chi connectivity index (χ2v) is 8.73. The van der Waals surface area contributed by atoms with Crippen LogP contribution < -0.4 is 4.74 Å². The largest absolute Gasteiger partial charge is 0.487 e. The molecule has 0 saturated carbocycles. The van der Waals surface area contributed by atoms with E-state index in [0.29, 0.717) is 31.3 Å². The van der Waals surface area contributed by atoms with E-state index in [2.05, 4.69) is 32.9 Å². The minimum Gasteiger partial charge on any atom is -0.487 e. The summed E-state index contributed by atoms with van der Waals surface area (Å²) >= 11 is 0. The maximum atomic E-state index is 5.70. The van der Waals surface area contributed by atoms with E-state index in [1.807, 2.05) is 45.9 Å². The molecule has 0 fully saturated rings. The van der Waals surface area contributed by atoms with Gasteiger partial charge in [-0.2, -0.15) is 0 Å². The Balaban J connectivity index is 1.54. The van der Waals surface area contributed by atoms with Gasteiger partial charge in [-0.05, 0) is 56.9 Å². The topological polar surface area (TPSA) is 78.2 Å². The standard InChI is InChI=1S/C25H32N4O3/c1-6-14-30-23-13-11-18(2)27-22(23)15-26-31-16-25(4,5)17-32-29-21-9-7-8-20-12-10-19(3)28-24(20)21/h6,10-13,15H,1,7-9,14,16-17H2,2-5H3. The first-order valence-electron chi connectivity index (χ1n) is 10.9. The van der Waals surface area contributed by atoms with Crippen LogP contribution in [0.4, 0.5) is 0 Å². The number of nitrogens with zero attached hydrogens (tertiary/aromatic N) is 4. The summed E-state index contributed by atoms with van der Waals surface area (Å²) in [5, 5.41) is 8.48. The van der Waals surface area contributed by atoms with Gasteiger partial charge in [-0.3, -0.25) is 4.98 Å². The molecule has 1 aliphatic carbocycles. The van der Waals surface area contributed by atoms with Gasteiger partial charge in [-0.15, -0.1) is 0 Å². The molecule has 0 amide bonds. The number of fused-ring (bicyclic) bond motifs is 1.